The van der Waals surface area contributed by atoms with Crippen molar-refractivity contribution in [1.82, 2.24) is 30.0 Å². The summed E-state index contributed by atoms with van der Waals surface area (Å²) in [5.74, 6) is 1.61. The number of nitrogens with one attached hydrogen (secondary N) is 1. The number of benzene rings is 1. The normalized spacial score (nSPS) is 22.1. The van der Waals surface area contributed by atoms with Crippen LogP contribution in [0.4, 0.5) is 22.1 Å². The number of ether oxygens (including phenoxy) is 2. The number of carbonyl (C=O) groups is 1. The molecule has 1 aliphatic carbocycles. The van der Waals surface area contributed by atoms with Gasteiger partial charge in [0.15, 0.2) is 29.0 Å². The predicted molar refractivity (Wildman–Crippen MR) is 188 cm³/mol. The van der Waals surface area contributed by atoms with Crippen LogP contribution >= 0.6 is 15.9 Å². The SMILES string of the molecule is CC(C)(C)OC(=O)N[C@@H]1c2ccccc2CC12CCN(c1nc3c(nc1Br)c(N1CCCc4ncccc41)nn3C1CCCCO1)CC2. The van der Waals surface area contributed by atoms with Crippen LogP contribution in [0.2, 0.25) is 0 Å². The number of carbonyl (C=O) groups excluding carboxylic acids is 1. The Labute approximate surface area is 289 Å². The summed E-state index contributed by atoms with van der Waals surface area (Å²) in [6, 6.07) is 12.5. The second kappa shape index (κ2) is 12.3. The lowest BCUT2D eigenvalue weighted by atomic mass is 9.72. The number of halogens is 1. The van der Waals surface area contributed by atoms with Crippen molar-refractivity contribution in [2.24, 2.45) is 5.41 Å². The first-order valence-electron chi connectivity index (χ1n) is 17.3. The summed E-state index contributed by atoms with van der Waals surface area (Å²) in [4.78, 5) is 32.8. The number of rotatable bonds is 4. The largest absolute Gasteiger partial charge is 0.444 e. The third-order valence-corrected chi connectivity index (χ3v) is 10.9. The van der Waals surface area contributed by atoms with Crippen LogP contribution in [-0.2, 0) is 22.3 Å². The molecule has 4 aromatic rings. The standard InChI is InChI=1S/C36H43BrN8O3/c1-35(2,3)48-34(46)40-29-24-11-5-4-10-23(24)22-36(29)15-19-43(20-16-36)33-30(37)39-28-31(41-33)45(27-14-6-7-21-47-27)42-32(28)44-18-9-12-25-26(44)13-8-17-38-25/h4-5,8,10-11,13,17,27,29H,6-7,9,12,14-16,18-22H2,1-3H3,(H,40,46)/t27?,29-/m1/s1. The molecule has 2 saturated heterocycles. The van der Waals surface area contributed by atoms with Crippen molar-refractivity contribution < 1.29 is 14.3 Å². The molecule has 8 rings (SSSR count). The molecule has 12 heteroatoms. The molecule has 2 fully saturated rings. The highest BCUT2D eigenvalue weighted by Gasteiger charge is 2.49. The summed E-state index contributed by atoms with van der Waals surface area (Å²) in [7, 11) is 0. The van der Waals surface area contributed by atoms with Crippen molar-refractivity contribution in [2.45, 2.75) is 90.0 Å². The van der Waals surface area contributed by atoms with Gasteiger partial charge < -0.3 is 24.6 Å². The van der Waals surface area contributed by atoms with E-state index in [1.165, 1.54) is 11.1 Å². The number of anilines is 3. The number of amides is 1. The third-order valence-electron chi connectivity index (χ3n) is 10.3. The Morgan fingerprint density at radius 1 is 1.04 bits per heavy atom. The van der Waals surface area contributed by atoms with E-state index in [0.717, 1.165) is 105 Å². The van der Waals surface area contributed by atoms with Crippen LogP contribution in [0.25, 0.3) is 11.2 Å². The second-order valence-corrected chi connectivity index (χ2v) is 15.4. The van der Waals surface area contributed by atoms with Gasteiger partial charge in [0.1, 0.15) is 10.2 Å². The smallest absolute Gasteiger partial charge is 0.408 e. The van der Waals surface area contributed by atoms with E-state index in [1.54, 1.807) is 0 Å². The molecule has 1 spiro atoms. The van der Waals surface area contributed by atoms with Crippen LogP contribution < -0.4 is 15.1 Å². The molecule has 3 aromatic heterocycles. The Kier molecular flexibility index (Phi) is 8.06. The van der Waals surface area contributed by atoms with Crippen LogP contribution in [0.1, 0.15) is 88.4 Å². The minimum absolute atomic E-state index is 0.109. The van der Waals surface area contributed by atoms with Gasteiger partial charge in [0.25, 0.3) is 0 Å². The third kappa shape index (κ3) is 5.70. The van der Waals surface area contributed by atoms with Crippen LogP contribution in [-0.4, -0.2) is 62.7 Å². The van der Waals surface area contributed by atoms with E-state index in [9.17, 15) is 4.79 Å². The summed E-state index contributed by atoms with van der Waals surface area (Å²) < 4.78 is 14.6. The minimum Gasteiger partial charge on any atom is -0.444 e. The Hall–Kier alpha value is -3.77. The molecule has 1 amide bonds. The molecule has 252 valence electrons. The Morgan fingerprint density at radius 2 is 1.88 bits per heavy atom. The summed E-state index contributed by atoms with van der Waals surface area (Å²) in [6.45, 7) is 8.82. The van der Waals surface area contributed by atoms with Crippen LogP contribution in [0.15, 0.2) is 47.2 Å². The van der Waals surface area contributed by atoms with E-state index in [-0.39, 0.29) is 23.8 Å². The highest BCUT2D eigenvalue weighted by Crippen LogP contribution is 2.52. The maximum absolute atomic E-state index is 13.1. The fraction of sp³-hybridized carbons (Fsp3) is 0.528. The number of alkyl carbamates (subject to hydrolysis) is 1. The van der Waals surface area contributed by atoms with Gasteiger partial charge in [-0.2, -0.15) is 0 Å². The average molecular weight is 716 g/mol. The number of nitrogens with zero attached hydrogens (tertiary/aromatic N) is 7. The summed E-state index contributed by atoms with van der Waals surface area (Å²) in [5.41, 5.74) is 5.48. The number of aromatic nitrogens is 5. The van der Waals surface area contributed by atoms with E-state index in [1.807, 2.05) is 37.7 Å². The molecule has 11 nitrogen and oxygen atoms in total. The zero-order valence-corrected chi connectivity index (χ0v) is 29.5. The maximum atomic E-state index is 13.1. The number of pyridine rings is 1. The molecule has 1 N–H and O–H groups in total. The molecule has 3 aliphatic heterocycles. The van der Waals surface area contributed by atoms with Gasteiger partial charge in [-0.15, -0.1) is 5.10 Å². The molecular formula is C36H43BrN8O3. The van der Waals surface area contributed by atoms with E-state index in [0.29, 0.717) is 11.2 Å². The van der Waals surface area contributed by atoms with Crippen molar-refractivity contribution in [3.8, 4) is 0 Å². The van der Waals surface area contributed by atoms with Gasteiger partial charge in [0.2, 0.25) is 0 Å². The molecule has 48 heavy (non-hydrogen) atoms. The van der Waals surface area contributed by atoms with E-state index in [2.05, 4.69) is 66.4 Å². The van der Waals surface area contributed by atoms with Crippen LogP contribution in [0.3, 0.4) is 0 Å². The van der Waals surface area contributed by atoms with Crippen LogP contribution in [0.5, 0.6) is 0 Å². The van der Waals surface area contributed by atoms with Gasteiger partial charge in [-0.1, -0.05) is 24.3 Å². The predicted octanol–water partition coefficient (Wildman–Crippen LogP) is 7.18. The zero-order valence-electron chi connectivity index (χ0n) is 27.9. The lowest BCUT2D eigenvalue weighted by molar-refractivity contribution is -0.0368. The van der Waals surface area contributed by atoms with Crippen molar-refractivity contribution in [2.75, 3.05) is 36.0 Å². The van der Waals surface area contributed by atoms with Gasteiger partial charge >= 0.3 is 6.09 Å². The quantitative estimate of drug-likeness (QED) is 0.235. The van der Waals surface area contributed by atoms with E-state index in [4.69, 9.17) is 24.5 Å². The maximum Gasteiger partial charge on any atom is 0.408 e. The first-order valence-corrected chi connectivity index (χ1v) is 18.1. The molecule has 1 aromatic carbocycles. The Bertz CT molecular complexity index is 1840. The molecule has 0 saturated carbocycles. The zero-order chi connectivity index (χ0) is 33.0. The van der Waals surface area contributed by atoms with Crippen molar-refractivity contribution >= 4 is 50.5 Å². The highest BCUT2D eigenvalue weighted by molar-refractivity contribution is 9.10. The average Bonchev–Trinajstić information content (AvgIpc) is 3.59. The number of hydrogen-bond donors (Lipinski definition) is 1. The molecule has 2 atom stereocenters. The Balaban J connectivity index is 1.11. The van der Waals surface area contributed by atoms with Gasteiger partial charge in [0, 0.05) is 37.9 Å². The molecule has 6 heterocycles. The number of piperidine rings is 1. The molecule has 0 bridgehead atoms. The number of aryl methyl sites for hydroxylation is 1. The fourth-order valence-corrected chi connectivity index (χ4v) is 8.61. The molecule has 1 unspecified atom stereocenters. The molecule has 0 radical (unpaired) electrons. The first kappa shape index (κ1) is 31.5. The van der Waals surface area contributed by atoms with Crippen molar-refractivity contribution in [3.63, 3.8) is 0 Å². The summed E-state index contributed by atoms with van der Waals surface area (Å²) >= 11 is 3.83. The fourth-order valence-electron chi connectivity index (χ4n) is 8.09. The van der Waals surface area contributed by atoms with Gasteiger partial charge in [-0.05, 0) is 111 Å². The summed E-state index contributed by atoms with van der Waals surface area (Å²) in [6.07, 6.45) is 8.99. The van der Waals surface area contributed by atoms with Gasteiger partial charge in [0.05, 0.1) is 17.4 Å². The van der Waals surface area contributed by atoms with E-state index >= 15 is 0 Å². The van der Waals surface area contributed by atoms with Crippen molar-refractivity contribution in [3.05, 3.63) is 64.0 Å². The van der Waals surface area contributed by atoms with Gasteiger partial charge in [-0.25, -0.2) is 19.4 Å². The topological polar surface area (TPSA) is 111 Å². The molecule has 4 aliphatic rings. The van der Waals surface area contributed by atoms with E-state index < -0.39 is 5.60 Å². The Morgan fingerprint density at radius 3 is 2.67 bits per heavy atom. The lowest BCUT2D eigenvalue weighted by Gasteiger charge is -2.44. The highest BCUT2D eigenvalue weighted by atomic mass is 79.9. The summed E-state index contributed by atoms with van der Waals surface area (Å²) in [5, 5.41) is 8.46. The number of fused-ring (bicyclic) bond motifs is 3. The monoisotopic (exact) mass is 714 g/mol. The first-order chi connectivity index (χ1) is 23.2. The second-order valence-electron chi connectivity index (χ2n) is 14.6. The van der Waals surface area contributed by atoms with Crippen molar-refractivity contribution in [1.29, 1.82) is 0 Å². The lowest BCUT2D eigenvalue weighted by Crippen LogP contribution is -2.48. The van der Waals surface area contributed by atoms with Crippen LogP contribution in [0, 0.1) is 5.41 Å². The van der Waals surface area contributed by atoms with Gasteiger partial charge in [-0.3, -0.25) is 4.98 Å². The minimum atomic E-state index is -0.564. The molecular weight excluding hydrogens is 672 g/mol. The number of hydrogen-bond acceptors (Lipinski definition) is 9.